The van der Waals surface area contributed by atoms with Crippen molar-refractivity contribution in [2.45, 2.75) is 39.3 Å². The summed E-state index contributed by atoms with van der Waals surface area (Å²) in [4.78, 5) is 9.89. The summed E-state index contributed by atoms with van der Waals surface area (Å²) in [6.07, 6.45) is 1.13. The fourth-order valence-electron chi connectivity index (χ4n) is 2.71. The fraction of sp³-hybridized carbons (Fsp3) is 0.500. The third-order valence-electron chi connectivity index (χ3n) is 3.76. The summed E-state index contributed by atoms with van der Waals surface area (Å²) in [7, 11) is 0. The van der Waals surface area contributed by atoms with Crippen LogP contribution in [0.2, 0.25) is 0 Å². The number of fused-ring (bicyclic) bond motifs is 1. The summed E-state index contributed by atoms with van der Waals surface area (Å²) in [5, 5.41) is 3.32. The van der Waals surface area contributed by atoms with Crippen molar-refractivity contribution < 1.29 is 0 Å². The number of nitrogens with zero attached hydrogens (tertiary/aromatic N) is 2. The van der Waals surface area contributed by atoms with Gasteiger partial charge in [0.25, 0.3) is 0 Å². The van der Waals surface area contributed by atoms with E-state index in [9.17, 15) is 0 Å². The second-order valence-corrected chi connectivity index (χ2v) is 7.16. The molecule has 0 amide bonds. The molecule has 0 aliphatic carbocycles. The van der Waals surface area contributed by atoms with Crippen molar-refractivity contribution in [3.05, 3.63) is 32.5 Å². The maximum absolute atomic E-state index is 6.01. The van der Waals surface area contributed by atoms with Gasteiger partial charge in [-0.15, -0.1) is 22.7 Å². The lowest BCUT2D eigenvalue weighted by Crippen LogP contribution is -2.32. The summed E-state index contributed by atoms with van der Waals surface area (Å²) in [6.45, 7) is 7.41. The van der Waals surface area contributed by atoms with Gasteiger partial charge in [-0.05, 0) is 44.2 Å². The SMILES string of the molecule is Cc1nc(N2CCc3sccc3C2C)sc1C(C)N. The molecule has 5 heteroatoms. The number of aromatic nitrogens is 1. The molecule has 1 aliphatic heterocycles. The van der Waals surface area contributed by atoms with Crippen LogP contribution >= 0.6 is 22.7 Å². The van der Waals surface area contributed by atoms with Gasteiger partial charge in [-0.1, -0.05) is 0 Å². The van der Waals surface area contributed by atoms with Crippen molar-refractivity contribution in [1.29, 1.82) is 0 Å². The van der Waals surface area contributed by atoms with Gasteiger partial charge in [-0.25, -0.2) is 4.98 Å². The zero-order valence-electron chi connectivity index (χ0n) is 11.5. The first-order valence-corrected chi connectivity index (χ1v) is 8.33. The first-order valence-electron chi connectivity index (χ1n) is 6.63. The van der Waals surface area contributed by atoms with E-state index in [-0.39, 0.29) is 6.04 Å². The average Bonchev–Trinajstić information content (AvgIpc) is 2.96. The number of nitrogens with two attached hydrogens (primary N) is 1. The van der Waals surface area contributed by atoms with Crippen LogP contribution < -0.4 is 10.6 Å². The Kier molecular flexibility index (Phi) is 3.37. The summed E-state index contributed by atoms with van der Waals surface area (Å²) in [6, 6.07) is 2.74. The molecule has 3 nitrogen and oxygen atoms in total. The molecule has 0 aromatic carbocycles. The highest BCUT2D eigenvalue weighted by atomic mass is 32.1. The van der Waals surface area contributed by atoms with Gasteiger partial charge in [0.05, 0.1) is 11.7 Å². The Morgan fingerprint density at radius 3 is 3.00 bits per heavy atom. The summed E-state index contributed by atoms with van der Waals surface area (Å²) in [5.41, 5.74) is 8.55. The molecular weight excluding hydrogens is 274 g/mol. The molecule has 2 aromatic heterocycles. The second-order valence-electron chi connectivity index (χ2n) is 5.15. The van der Waals surface area contributed by atoms with Gasteiger partial charge >= 0.3 is 0 Å². The Hall–Kier alpha value is -0.910. The van der Waals surface area contributed by atoms with E-state index in [1.54, 1.807) is 11.3 Å². The Labute approximate surface area is 122 Å². The largest absolute Gasteiger partial charge is 0.341 e. The topological polar surface area (TPSA) is 42.2 Å². The number of thiazole rings is 1. The van der Waals surface area contributed by atoms with E-state index in [1.165, 1.54) is 15.3 Å². The minimum absolute atomic E-state index is 0.0723. The van der Waals surface area contributed by atoms with E-state index >= 15 is 0 Å². The molecule has 0 saturated heterocycles. The van der Waals surface area contributed by atoms with Gasteiger partial charge in [-0.3, -0.25) is 0 Å². The number of hydrogen-bond acceptors (Lipinski definition) is 5. The molecule has 0 saturated carbocycles. The van der Waals surface area contributed by atoms with Gasteiger partial charge in [0.1, 0.15) is 0 Å². The maximum Gasteiger partial charge on any atom is 0.186 e. The van der Waals surface area contributed by atoms with E-state index in [1.807, 2.05) is 18.3 Å². The quantitative estimate of drug-likeness (QED) is 0.919. The monoisotopic (exact) mass is 293 g/mol. The first kappa shape index (κ1) is 13.1. The van der Waals surface area contributed by atoms with Crippen LogP contribution in [0.1, 0.15) is 46.9 Å². The van der Waals surface area contributed by atoms with Crippen LogP contribution in [0, 0.1) is 6.92 Å². The van der Waals surface area contributed by atoms with Crippen LogP contribution in [0.5, 0.6) is 0 Å². The van der Waals surface area contributed by atoms with Gasteiger partial charge in [-0.2, -0.15) is 0 Å². The minimum Gasteiger partial charge on any atom is -0.341 e. The van der Waals surface area contributed by atoms with E-state index in [0.717, 1.165) is 23.8 Å². The second kappa shape index (κ2) is 4.89. The third kappa shape index (κ3) is 2.20. The van der Waals surface area contributed by atoms with Gasteiger partial charge in [0.2, 0.25) is 0 Å². The molecule has 19 heavy (non-hydrogen) atoms. The van der Waals surface area contributed by atoms with Crippen LogP contribution in [0.4, 0.5) is 5.13 Å². The van der Waals surface area contributed by atoms with Crippen molar-refractivity contribution in [3.63, 3.8) is 0 Å². The fourth-order valence-corrected chi connectivity index (χ4v) is 4.80. The molecule has 2 unspecified atom stereocenters. The third-order valence-corrected chi connectivity index (χ3v) is 6.15. The van der Waals surface area contributed by atoms with Crippen LogP contribution in [0.25, 0.3) is 0 Å². The number of thiophene rings is 1. The Morgan fingerprint density at radius 2 is 2.32 bits per heavy atom. The molecule has 0 bridgehead atoms. The van der Waals surface area contributed by atoms with Gasteiger partial charge < -0.3 is 10.6 Å². The molecule has 1 aliphatic rings. The highest BCUT2D eigenvalue weighted by molar-refractivity contribution is 7.15. The standard InChI is InChI=1S/C14H19N3S2/c1-8(15)13-9(2)16-14(19-13)17-6-4-12-11(10(17)3)5-7-18-12/h5,7-8,10H,4,6,15H2,1-3H3. The van der Waals surface area contributed by atoms with Crippen molar-refractivity contribution >= 4 is 27.8 Å². The molecule has 3 rings (SSSR count). The van der Waals surface area contributed by atoms with Crippen LogP contribution in [-0.4, -0.2) is 11.5 Å². The van der Waals surface area contributed by atoms with E-state index < -0.39 is 0 Å². The zero-order chi connectivity index (χ0) is 13.6. The molecule has 3 heterocycles. The highest BCUT2D eigenvalue weighted by Crippen LogP contribution is 2.39. The van der Waals surface area contributed by atoms with E-state index in [4.69, 9.17) is 10.7 Å². The molecule has 0 radical (unpaired) electrons. The molecule has 2 aromatic rings. The Balaban J connectivity index is 1.94. The lowest BCUT2D eigenvalue weighted by Gasteiger charge is -2.33. The molecular formula is C14H19N3S2. The van der Waals surface area contributed by atoms with Crippen LogP contribution in [-0.2, 0) is 6.42 Å². The number of rotatable bonds is 2. The smallest absolute Gasteiger partial charge is 0.186 e. The van der Waals surface area contributed by atoms with Crippen molar-refractivity contribution in [3.8, 4) is 0 Å². The normalized spacial score (nSPS) is 20.4. The summed E-state index contributed by atoms with van der Waals surface area (Å²) in [5.74, 6) is 0. The Bertz CT molecular complexity index is 585. The van der Waals surface area contributed by atoms with Gasteiger partial charge in [0, 0.05) is 22.3 Å². The van der Waals surface area contributed by atoms with E-state index in [0.29, 0.717) is 6.04 Å². The van der Waals surface area contributed by atoms with Crippen molar-refractivity contribution in [2.24, 2.45) is 5.73 Å². The van der Waals surface area contributed by atoms with Crippen molar-refractivity contribution in [2.75, 3.05) is 11.4 Å². The summed E-state index contributed by atoms with van der Waals surface area (Å²) < 4.78 is 0. The maximum atomic E-state index is 6.01. The lowest BCUT2D eigenvalue weighted by atomic mass is 10.0. The average molecular weight is 293 g/mol. The Morgan fingerprint density at radius 1 is 1.53 bits per heavy atom. The number of aryl methyl sites for hydroxylation is 1. The van der Waals surface area contributed by atoms with E-state index in [2.05, 4.69) is 30.2 Å². The predicted molar refractivity (Wildman–Crippen MR) is 83.2 cm³/mol. The number of anilines is 1. The minimum atomic E-state index is 0.0723. The molecule has 0 spiro atoms. The lowest BCUT2D eigenvalue weighted by molar-refractivity contribution is 0.630. The molecule has 2 N–H and O–H groups in total. The predicted octanol–water partition coefficient (Wildman–Crippen LogP) is 3.66. The molecule has 2 atom stereocenters. The highest BCUT2D eigenvalue weighted by Gasteiger charge is 2.27. The zero-order valence-corrected chi connectivity index (χ0v) is 13.1. The van der Waals surface area contributed by atoms with Crippen LogP contribution in [0.15, 0.2) is 11.4 Å². The first-order chi connectivity index (χ1) is 9.08. The van der Waals surface area contributed by atoms with Crippen molar-refractivity contribution in [1.82, 2.24) is 4.98 Å². The number of hydrogen-bond donors (Lipinski definition) is 1. The van der Waals surface area contributed by atoms with Gasteiger partial charge in [0.15, 0.2) is 5.13 Å². The van der Waals surface area contributed by atoms with Crippen LogP contribution in [0.3, 0.4) is 0 Å². The molecule has 0 fully saturated rings. The molecule has 102 valence electrons. The summed E-state index contributed by atoms with van der Waals surface area (Å²) >= 11 is 3.62.